The molecule has 1 fully saturated rings. The van der Waals surface area contributed by atoms with Gasteiger partial charge in [0.15, 0.2) is 5.58 Å². The van der Waals surface area contributed by atoms with Crippen molar-refractivity contribution >= 4 is 49.1 Å². The Hall–Kier alpha value is -2.97. The summed E-state index contributed by atoms with van der Waals surface area (Å²) in [5, 5.41) is 15.6. The number of nitrogens with one attached hydrogen (secondary N) is 2. The fraction of sp³-hybridized carbons (Fsp3) is 0.348. The summed E-state index contributed by atoms with van der Waals surface area (Å²) in [6, 6.07) is 11.5. The first kappa shape index (κ1) is 21.9. The van der Waals surface area contributed by atoms with Crippen LogP contribution in [-0.4, -0.2) is 42.3 Å². The molecule has 8 nitrogen and oxygen atoms in total. The van der Waals surface area contributed by atoms with E-state index in [1.807, 2.05) is 18.2 Å². The lowest BCUT2D eigenvalue weighted by atomic mass is 10.1. The number of ether oxygens (including phenoxy) is 1. The number of carbonyl (C=O) groups excluding carboxylic acids is 1. The van der Waals surface area contributed by atoms with Crippen molar-refractivity contribution in [2.75, 3.05) is 19.7 Å². The normalized spacial score (nSPS) is 17.6. The topological polar surface area (TPSA) is 109 Å². The SMILES string of the molecule is Cn1c(=O)oc2ccc(-c3cc4sc(CC(C#N)NC(=O)[C@@H]5CNCCCO5)cc4s3)cc21. The van der Waals surface area contributed by atoms with Gasteiger partial charge in [-0.05, 0) is 48.9 Å². The average molecular weight is 483 g/mol. The van der Waals surface area contributed by atoms with Crippen molar-refractivity contribution in [1.29, 1.82) is 5.26 Å². The van der Waals surface area contributed by atoms with E-state index in [-0.39, 0.29) is 11.7 Å². The molecule has 2 N–H and O–H groups in total. The molecule has 1 aliphatic rings. The van der Waals surface area contributed by atoms with E-state index in [1.165, 1.54) is 4.57 Å². The fourth-order valence-corrected chi connectivity index (χ4v) is 6.35. The smallest absolute Gasteiger partial charge is 0.408 e. The Morgan fingerprint density at radius 3 is 3.00 bits per heavy atom. The van der Waals surface area contributed by atoms with Crippen molar-refractivity contribution in [3.05, 3.63) is 45.8 Å². The summed E-state index contributed by atoms with van der Waals surface area (Å²) in [6.45, 7) is 1.82. The molecule has 1 unspecified atom stereocenters. The minimum atomic E-state index is -0.610. The molecule has 3 aromatic heterocycles. The summed E-state index contributed by atoms with van der Waals surface area (Å²) >= 11 is 3.28. The summed E-state index contributed by atoms with van der Waals surface area (Å²) in [5.74, 6) is -0.624. The zero-order valence-electron chi connectivity index (χ0n) is 17.9. The second-order valence-corrected chi connectivity index (χ2v) is 10.2. The number of carbonyl (C=O) groups is 1. The lowest BCUT2D eigenvalue weighted by Crippen LogP contribution is -2.46. The van der Waals surface area contributed by atoms with Gasteiger partial charge in [0.1, 0.15) is 12.1 Å². The lowest BCUT2D eigenvalue weighted by Gasteiger charge is -2.17. The maximum atomic E-state index is 12.5. The third-order valence-corrected chi connectivity index (χ3v) is 8.02. The van der Waals surface area contributed by atoms with E-state index in [9.17, 15) is 14.9 Å². The first-order valence-corrected chi connectivity index (χ1v) is 12.3. The number of hydrogen-bond donors (Lipinski definition) is 2. The van der Waals surface area contributed by atoms with Crippen LogP contribution < -0.4 is 16.4 Å². The molecule has 4 aromatic rings. The number of fused-ring (bicyclic) bond motifs is 2. The van der Waals surface area contributed by atoms with Crippen LogP contribution >= 0.6 is 22.7 Å². The number of hydrogen-bond acceptors (Lipinski definition) is 8. The Morgan fingerprint density at radius 1 is 1.33 bits per heavy atom. The molecule has 0 radical (unpaired) electrons. The predicted molar refractivity (Wildman–Crippen MR) is 129 cm³/mol. The molecule has 4 heterocycles. The standard InChI is InChI=1S/C23H22N4O4S2/c1-27-16-7-13(3-4-17(16)31-23(27)29)19-10-21-20(33-19)9-15(32-21)8-14(11-24)26-22(28)18-12-25-5-2-6-30-18/h3-4,7,9-10,14,18,25H,2,5-6,8,12H2,1H3,(H,26,28)/t14?,18-/m0/s1. The highest BCUT2D eigenvalue weighted by atomic mass is 32.1. The van der Waals surface area contributed by atoms with Gasteiger partial charge in [-0.15, -0.1) is 22.7 Å². The fourth-order valence-electron chi connectivity index (χ4n) is 3.89. The van der Waals surface area contributed by atoms with E-state index in [0.29, 0.717) is 25.2 Å². The number of oxazole rings is 1. The number of nitriles is 1. The molecule has 170 valence electrons. The summed E-state index contributed by atoms with van der Waals surface area (Å²) < 4.78 is 14.6. The number of thiophene rings is 2. The molecule has 0 spiro atoms. The summed E-state index contributed by atoms with van der Waals surface area (Å²) in [6.07, 6.45) is 0.755. The number of amides is 1. The van der Waals surface area contributed by atoms with Gasteiger partial charge in [0, 0.05) is 45.8 Å². The number of aryl methyl sites for hydroxylation is 1. The second-order valence-electron chi connectivity index (χ2n) is 7.97. The van der Waals surface area contributed by atoms with Crippen LogP contribution in [0.4, 0.5) is 0 Å². The molecule has 0 saturated carbocycles. The highest BCUT2D eigenvalue weighted by Crippen LogP contribution is 2.39. The van der Waals surface area contributed by atoms with Crippen LogP contribution in [0.25, 0.3) is 30.9 Å². The minimum absolute atomic E-state index is 0.249. The highest BCUT2D eigenvalue weighted by molar-refractivity contribution is 7.29. The Bertz CT molecular complexity index is 1380. The Balaban J connectivity index is 1.30. The van der Waals surface area contributed by atoms with Crippen molar-refractivity contribution in [3.8, 4) is 16.5 Å². The van der Waals surface area contributed by atoms with E-state index < -0.39 is 12.1 Å². The third-order valence-electron chi connectivity index (χ3n) is 5.65. The van der Waals surface area contributed by atoms with Gasteiger partial charge in [0.05, 0.1) is 11.6 Å². The number of benzene rings is 1. The highest BCUT2D eigenvalue weighted by Gasteiger charge is 2.24. The molecular weight excluding hydrogens is 460 g/mol. The van der Waals surface area contributed by atoms with Crippen LogP contribution in [0.2, 0.25) is 0 Å². The summed E-state index contributed by atoms with van der Waals surface area (Å²) in [7, 11) is 1.69. The number of nitrogens with zero attached hydrogens (tertiary/aromatic N) is 2. The zero-order chi connectivity index (χ0) is 22.9. The maximum absolute atomic E-state index is 12.5. The molecule has 5 rings (SSSR count). The number of rotatable bonds is 5. The van der Waals surface area contributed by atoms with Gasteiger partial charge in [0.25, 0.3) is 5.91 Å². The van der Waals surface area contributed by atoms with Crippen molar-refractivity contribution in [2.24, 2.45) is 7.05 Å². The zero-order valence-corrected chi connectivity index (χ0v) is 19.6. The van der Waals surface area contributed by atoms with Crippen molar-refractivity contribution < 1.29 is 13.9 Å². The quantitative estimate of drug-likeness (QED) is 0.453. The van der Waals surface area contributed by atoms with E-state index in [2.05, 4.69) is 28.8 Å². The first-order chi connectivity index (χ1) is 16.0. The molecule has 0 bridgehead atoms. The summed E-state index contributed by atoms with van der Waals surface area (Å²) in [5.41, 5.74) is 2.35. The van der Waals surface area contributed by atoms with Crippen LogP contribution in [0.15, 0.2) is 39.5 Å². The number of aromatic nitrogens is 1. The minimum Gasteiger partial charge on any atom is -0.408 e. The van der Waals surface area contributed by atoms with Gasteiger partial charge in [-0.3, -0.25) is 9.36 Å². The maximum Gasteiger partial charge on any atom is 0.419 e. The van der Waals surface area contributed by atoms with E-state index in [0.717, 1.165) is 43.2 Å². The summed E-state index contributed by atoms with van der Waals surface area (Å²) in [4.78, 5) is 26.4. The molecule has 1 amide bonds. The Kier molecular flexibility index (Phi) is 6.03. The lowest BCUT2D eigenvalue weighted by molar-refractivity contribution is -0.132. The van der Waals surface area contributed by atoms with Crippen molar-refractivity contribution in [1.82, 2.24) is 15.2 Å². The molecule has 1 aromatic carbocycles. The van der Waals surface area contributed by atoms with Crippen LogP contribution in [-0.2, 0) is 23.0 Å². The van der Waals surface area contributed by atoms with Gasteiger partial charge in [-0.25, -0.2) is 4.79 Å². The molecule has 1 saturated heterocycles. The van der Waals surface area contributed by atoms with Gasteiger partial charge >= 0.3 is 5.76 Å². The van der Waals surface area contributed by atoms with Gasteiger partial charge in [-0.1, -0.05) is 0 Å². The Labute approximate surface area is 197 Å². The molecule has 33 heavy (non-hydrogen) atoms. The van der Waals surface area contributed by atoms with Crippen LogP contribution in [0, 0.1) is 11.3 Å². The van der Waals surface area contributed by atoms with Gasteiger partial charge < -0.3 is 19.8 Å². The van der Waals surface area contributed by atoms with Crippen molar-refractivity contribution in [2.45, 2.75) is 25.0 Å². The molecule has 2 atom stereocenters. The van der Waals surface area contributed by atoms with E-state index in [1.54, 1.807) is 29.7 Å². The monoisotopic (exact) mass is 482 g/mol. The first-order valence-electron chi connectivity index (χ1n) is 10.7. The average Bonchev–Trinajstić information content (AvgIpc) is 3.35. The van der Waals surface area contributed by atoms with Crippen LogP contribution in [0.5, 0.6) is 0 Å². The van der Waals surface area contributed by atoms with Gasteiger partial charge in [-0.2, -0.15) is 5.26 Å². The third kappa shape index (κ3) is 4.45. The molecule has 10 heteroatoms. The predicted octanol–water partition coefficient (Wildman–Crippen LogP) is 3.00. The van der Waals surface area contributed by atoms with Gasteiger partial charge in [0.2, 0.25) is 0 Å². The van der Waals surface area contributed by atoms with Crippen LogP contribution in [0.1, 0.15) is 11.3 Å². The largest absolute Gasteiger partial charge is 0.419 e. The molecule has 1 aliphatic heterocycles. The van der Waals surface area contributed by atoms with E-state index >= 15 is 0 Å². The molecular formula is C23H22N4O4S2. The van der Waals surface area contributed by atoms with E-state index in [4.69, 9.17) is 9.15 Å². The second kappa shape index (κ2) is 9.11. The van der Waals surface area contributed by atoms with Crippen molar-refractivity contribution in [3.63, 3.8) is 0 Å². The molecule has 0 aliphatic carbocycles. The Morgan fingerprint density at radius 2 is 2.18 bits per heavy atom. The van der Waals surface area contributed by atoms with Crippen LogP contribution in [0.3, 0.4) is 0 Å².